The van der Waals surface area contributed by atoms with Crippen LogP contribution in [0.4, 0.5) is 8.78 Å². The zero-order chi connectivity index (χ0) is 27.3. The molecule has 3 heterocycles. The number of pyridine rings is 1. The third-order valence-corrected chi connectivity index (χ3v) is 10.4. The van der Waals surface area contributed by atoms with Crippen molar-refractivity contribution in [1.29, 1.82) is 10.7 Å². The molecule has 1 aromatic heterocycles. The first-order valence-corrected chi connectivity index (χ1v) is 13.4. The van der Waals surface area contributed by atoms with Crippen molar-refractivity contribution in [3.63, 3.8) is 0 Å². The SMILES string of the molecule is CC1(C)C(=N)N[C@@]2(c3cc(Oc4cc(C#N)ccn4)ccc3F)CO[C@@H](c3ccc(F)cc3)C[C@H]2S1(O)O. The number of halogens is 2. The zero-order valence-electron chi connectivity index (χ0n) is 20.6. The van der Waals surface area contributed by atoms with E-state index in [2.05, 4.69) is 10.3 Å². The highest BCUT2D eigenvalue weighted by molar-refractivity contribution is 8.26. The van der Waals surface area contributed by atoms with Gasteiger partial charge >= 0.3 is 0 Å². The van der Waals surface area contributed by atoms with Gasteiger partial charge in [-0.1, -0.05) is 12.1 Å². The van der Waals surface area contributed by atoms with Gasteiger partial charge in [-0.15, -0.1) is 0 Å². The summed E-state index contributed by atoms with van der Waals surface area (Å²) in [6.45, 7) is 2.93. The van der Waals surface area contributed by atoms with Gasteiger partial charge in [0.25, 0.3) is 0 Å². The van der Waals surface area contributed by atoms with Crippen LogP contribution in [0.5, 0.6) is 11.6 Å². The number of nitriles is 1. The molecule has 0 amide bonds. The van der Waals surface area contributed by atoms with Gasteiger partial charge in [0, 0.05) is 24.2 Å². The summed E-state index contributed by atoms with van der Waals surface area (Å²) in [5.74, 6) is -0.897. The van der Waals surface area contributed by atoms with Crippen LogP contribution in [-0.4, -0.2) is 36.5 Å². The maximum Gasteiger partial charge on any atom is 0.220 e. The summed E-state index contributed by atoms with van der Waals surface area (Å²) in [5, 5.41) is 19.9. The van der Waals surface area contributed by atoms with E-state index in [0.717, 1.165) is 0 Å². The first-order valence-electron chi connectivity index (χ1n) is 11.8. The van der Waals surface area contributed by atoms with Crippen LogP contribution in [0.2, 0.25) is 0 Å². The van der Waals surface area contributed by atoms with Crippen molar-refractivity contribution in [3.8, 4) is 17.7 Å². The molecule has 2 fully saturated rings. The molecule has 2 saturated heterocycles. The lowest BCUT2D eigenvalue weighted by atomic mass is 9.80. The molecule has 3 aromatic rings. The van der Waals surface area contributed by atoms with Crippen LogP contribution in [0.25, 0.3) is 0 Å². The Hall–Kier alpha value is -3.56. The number of benzene rings is 2. The number of amidine groups is 1. The van der Waals surface area contributed by atoms with E-state index < -0.39 is 43.9 Å². The van der Waals surface area contributed by atoms with E-state index in [1.54, 1.807) is 26.0 Å². The fourth-order valence-corrected chi connectivity index (χ4v) is 7.31. The number of fused-ring (bicyclic) bond motifs is 1. The van der Waals surface area contributed by atoms with Crippen molar-refractivity contribution in [3.05, 3.63) is 89.1 Å². The number of nitrogens with one attached hydrogen (secondary N) is 2. The highest BCUT2D eigenvalue weighted by Gasteiger charge is 2.62. The molecule has 0 radical (unpaired) electrons. The first-order chi connectivity index (χ1) is 18.0. The Bertz CT molecular complexity index is 1440. The summed E-state index contributed by atoms with van der Waals surface area (Å²) in [6, 6.07) is 14.7. The van der Waals surface area contributed by atoms with Crippen LogP contribution in [0.15, 0.2) is 60.8 Å². The number of rotatable bonds is 4. The summed E-state index contributed by atoms with van der Waals surface area (Å²) in [5.41, 5.74) is -0.487. The fourth-order valence-electron chi connectivity index (χ4n) is 4.99. The van der Waals surface area contributed by atoms with Crippen molar-refractivity contribution in [2.75, 3.05) is 6.61 Å². The molecule has 5 rings (SSSR count). The second kappa shape index (κ2) is 9.32. The molecule has 198 valence electrons. The molecule has 0 spiro atoms. The lowest BCUT2D eigenvalue weighted by molar-refractivity contribution is -0.0402. The third kappa shape index (κ3) is 4.19. The number of hydrogen-bond acceptors (Lipinski definition) is 7. The molecule has 0 unspecified atom stereocenters. The largest absolute Gasteiger partial charge is 0.439 e. The monoisotopic (exact) mass is 540 g/mol. The molecule has 0 aliphatic carbocycles. The lowest BCUT2D eigenvalue weighted by Crippen LogP contribution is -2.70. The van der Waals surface area contributed by atoms with E-state index in [0.29, 0.717) is 11.1 Å². The normalized spacial score (nSPS) is 26.4. The van der Waals surface area contributed by atoms with Crippen LogP contribution in [-0.2, 0) is 10.3 Å². The predicted molar refractivity (Wildman–Crippen MR) is 138 cm³/mol. The Morgan fingerprint density at radius 1 is 1.16 bits per heavy atom. The minimum absolute atomic E-state index is 0.0363. The molecule has 2 aromatic carbocycles. The van der Waals surface area contributed by atoms with Crippen molar-refractivity contribution in [2.45, 2.75) is 41.9 Å². The van der Waals surface area contributed by atoms with E-state index in [1.807, 2.05) is 6.07 Å². The highest BCUT2D eigenvalue weighted by atomic mass is 32.3. The summed E-state index contributed by atoms with van der Waals surface area (Å²) >= 11 is 0. The Labute approximate surface area is 220 Å². The number of hydrogen-bond donors (Lipinski definition) is 4. The number of ether oxygens (including phenoxy) is 2. The first kappa shape index (κ1) is 26.1. The van der Waals surface area contributed by atoms with Gasteiger partial charge in [0.2, 0.25) is 5.88 Å². The molecule has 2 aliphatic rings. The van der Waals surface area contributed by atoms with Crippen LogP contribution >= 0.6 is 10.6 Å². The topological polar surface area (TPSA) is 131 Å². The van der Waals surface area contributed by atoms with Crippen LogP contribution in [0.3, 0.4) is 0 Å². The smallest absolute Gasteiger partial charge is 0.220 e. The fraction of sp³-hybridized carbons (Fsp3) is 0.296. The third-order valence-electron chi connectivity index (χ3n) is 7.33. The molecular formula is C27H26F2N4O4S. The minimum atomic E-state index is -3.56. The molecule has 0 bridgehead atoms. The molecule has 0 saturated carbocycles. The molecule has 11 heteroatoms. The van der Waals surface area contributed by atoms with Crippen LogP contribution in [0.1, 0.15) is 43.1 Å². The standard InChI is InChI=1S/C27H26F2N4O4S/c1-26(2)25(31)33-27(15-36-22(13-23(27)38(26,34)35)17-3-5-18(28)6-4-17)20-12-19(7-8-21(20)29)37-24-11-16(14-30)9-10-32-24/h3-12,22-23,34-35H,13,15H2,1-2H3,(H2,31,33)/t22-,23-,27-/m1/s1. The Balaban J connectivity index is 1.58. The summed E-state index contributed by atoms with van der Waals surface area (Å²) in [7, 11) is -3.56. The van der Waals surface area contributed by atoms with E-state index in [1.165, 1.54) is 48.7 Å². The van der Waals surface area contributed by atoms with Gasteiger partial charge in [-0.3, -0.25) is 14.5 Å². The Morgan fingerprint density at radius 2 is 1.89 bits per heavy atom. The quantitative estimate of drug-likeness (QED) is 0.326. The average molecular weight is 541 g/mol. The maximum absolute atomic E-state index is 15.5. The molecule has 2 aliphatic heterocycles. The summed E-state index contributed by atoms with van der Waals surface area (Å²) in [4.78, 5) is 4.09. The van der Waals surface area contributed by atoms with Gasteiger partial charge < -0.3 is 14.8 Å². The molecule has 8 nitrogen and oxygen atoms in total. The Kier molecular flexibility index (Phi) is 6.39. The van der Waals surface area contributed by atoms with E-state index in [4.69, 9.17) is 20.1 Å². The van der Waals surface area contributed by atoms with Crippen LogP contribution < -0.4 is 10.1 Å². The molecule has 38 heavy (non-hydrogen) atoms. The highest BCUT2D eigenvalue weighted by Crippen LogP contribution is 2.66. The average Bonchev–Trinajstić information content (AvgIpc) is 2.89. The second-order valence-electron chi connectivity index (χ2n) is 9.89. The van der Waals surface area contributed by atoms with Crippen molar-refractivity contribution < 1.29 is 27.4 Å². The van der Waals surface area contributed by atoms with Gasteiger partial charge in [-0.05, 0) is 55.8 Å². The predicted octanol–water partition coefficient (Wildman–Crippen LogP) is 5.86. The molecule has 3 atom stereocenters. The lowest BCUT2D eigenvalue weighted by Gasteiger charge is -2.64. The van der Waals surface area contributed by atoms with Crippen molar-refractivity contribution in [1.82, 2.24) is 10.3 Å². The summed E-state index contributed by atoms with van der Waals surface area (Å²) < 4.78 is 62.9. The molecule has 4 N–H and O–H groups in total. The maximum atomic E-state index is 15.5. The van der Waals surface area contributed by atoms with Gasteiger partial charge in [0.05, 0.1) is 29.6 Å². The van der Waals surface area contributed by atoms with Crippen molar-refractivity contribution >= 4 is 16.4 Å². The second-order valence-corrected chi connectivity index (χ2v) is 12.7. The van der Waals surface area contributed by atoms with Gasteiger partial charge in [-0.2, -0.15) is 15.9 Å². The van der Waals surface area contributed by atoms with Gasteiger partial charge in [-0.25, -0.2) is 13.8 Å². The minimum Gasteiger partial charge on any atom is -0.439 e. The van der Waals surface area contributed by atoms with Gasteiger partial charge in [0.15, 0.2) is 0 Å². The van der Waals surface area contributed by atoms with E-state index in [9.17, 15) is 13.5 Å². The molecular weight excluding hydrogens is 514 g/mol. The van der Waals surface area contributed by atoms with Crippen LogP contribution in [0, 0.1) is 28.4 Å². The van der Waals surface area contributed by atoms with E-state index >= 15 is 4.39 Å². The number of nitrogens with zero attached hydrogens (tertiary/aromatic N) is 2. The van der Waals surface area contributed by atoms with Crippen molar-refractivity contribution in [2.24, 2.45) is 0 Å². The number of aromatic nitrogens is 1. The van der Waals surface area contributed by atoms with Gasteiger partial charge in [0.1, 0.15) is 33.5 Å². The zero-order valence-corrected chi connectivity index (χ0v) is 21.4. The summed E-state index contributed by atoms with van der Waals surface area (Å²) in [6.07, 6.45) is 0.887. The Morgan fingerprint density at radius 3 is 2.61 bits per heavy atom. The van der Waals surface area contributed by atoms with E-state index in [-0.39, 0.29) is 36.1 Å².